The average molecular weight is 297 g/mol. The van der Waals surface area contributed by atoms with E-state index in [4.69, 9.17) is 0 Å². The lowest BCUT2D eigenvalue weighted by Gasteiger charge is -2.32. The first-order valence-electron chi connectivity index (χ1n) is 6.70. The summed E-state index contributed by atoms with van der Waals surface area (Å²) in [5, 5.41) is 0. The van der Waals surface area contributed by atoms with Crippen molar-refractivity contribution in [3.63, 3.8) is 0 Å². The summed E-state index contributed by atoms with van der Waals surface area (Å²) >= 11 is 0. The third-order valence-electron chi connectivity index (χ3n) is 4.08. The Bertz CT molecular complexity index is 651. The van der Waals surface area contributed by atoms with E-state index in [0.29, 0.717) is 12.0 Å². The molecular weight excluding hydrogens is 281 g/mol. The Balaban J connectivity index is 2.00. The molecule has 2 bridgehead atoms. The molecule has 1 amide bonds. The number of benzene rings is 1. The topological polar surface area (TPSA) is 54.5 Å². The molecule has 0 spiro atoms. The smallest absolute Gasteiger partial charge is 0.267 e. The number of fused-ring (bicyclic) bond motifs is 2. The van der Waals surface area contributed by atoms with Gasteiger partial charge in [0.15, 0.2) is 0 Å². The van der Waals surface area contributed by atoms with Gasteiger partial charge < -0.3 is 0 Å². The Labute approximate surface area is 117 Å². The molecular formula is C14H16FNO3S. The SMILES string of the molecule is Cc1cc(F)cc(C(=O)N2[C@@H]3CC[C@@H](C3)CS2(=O)=O)c1. The summed E-state index contributed by atoms with van der Waals surface area (Å²) in [4.78, 5) is 12.5. The summed E-state index contributed by atoms with van der Waals surface area (Å²) in [7, 11) is -3.57. The number of hydrogen-bond acceptors (Lipinski definition) is 3. The minimum Gasteiger partial charge on any atom is -0.268 e. The molecule has 3 rings (SSSR count). The highest BCUT2D eigenvalue weighted by molar-refractivity contribution is 7.89. The fraction of sp³-hybridized carbons (Fsp3) is 0.500. The summed E-state index contributed by atoms with van der Waals surface area (Å²) in [5.74, 6) is -0.919. The van der Waals surface area contributed by atoms with Gasteiger partial charge in [-0.2, -0.15) is 0 Å². The van der Waals surface area contributed by atoms with Crippen molar-refractivity contribution in [3.8, 4) is 0 Å². The zero-order valence-corrected chi connectivity index (χ0v) is 12.0. The van der Waals surface area contributed by atoms with Crippen LogP contribution in [0.15, 0.2) is 18.2 Å². The molecule has 6 heteroatoms. The van der Waals surface area contributed by atoms with Crippen molar-refractivity contribution in [2.45, 2.75) is 32.2 Å². The van der Waals surface area contributed by atoms with Crippen LogP contribution in [0, 0.1) is 18.7 Å². The Morgan fingerprint density at radius 3 is 2.75 bits per heavy atom. The van der Waals surface area contributed by atoms with Crippen molar-refractivity contribution in [1.82, 2.24) is 4.31 Å². The molecule has 4 nitrogen and oxygen atoms in total. The molecule has 0 N–H and O–H groups in total. The first kappa shape index (κ1) is 13.5. The van der Waals surface area contributed by atoms with Gasteiger partial charge in [0, 0.05) is 11.6 Å². The van der Waals surface area contributed by atoms with Gasteiger partial charge in [-0.25, -0.2) is 17.1 Å². The lowest BCUT2D eigenvalue weighted by atomic mass is 10.1. The van der Waals surface area contributed by atoms with Crippen LogP contribution in [0.2, 0.25) is 0 Å². The summed E-state index contributed by atoms with van der Waals surface area (Å²) < 4.78 is 38.9. The second-order valence-electron chi connectivity index (χ2n) is 5.73. The predicted molar refractivity (Wildman–Crippen MR) is 72.2 cm³/mol. The highest BCUT2D eigenvalue weighted by atomic mass is 32.2. The van der Waals surface area contributed by atoms with Crippen molar-refractivity contribution in [2.75, 3.05) is 5.75 Å². The monoisotopic (exact) mass is 297 g/mol. The molecule has 2 aliphatic rings. The zero-order valence-electron chi connectivity index (χ0n) is 11.2. The third-order valence-corrected chi connectivity index (χ3v) is 6.04. The minimum atomic E-state index is -3.57. The Morgan fingerprint density at radius 1 is 1.30 bits per heavy atom. The maximum Gasteiger partial charge on any atom is 0.267 e. The molecule has 0 unspecified atom stereocenters. The largest absolute Gasteiger partial charge is 0.268 e. The molecule has 108 valence electrons. The van der Waals surface area contributed by atoms with Crippen LogP contribution in [-0.4, -0.2) is 30.4 Å². The maximum atomic E-state index is 13.4. The van der Waals surface area contributed by atoms with Gasteiger partial charge >= 0.3 is 0 Å². The molecule has 1 aromatic carbocycles. The summed E-state index contributed by atoms with van der Waals surface area (Å²) in [5.41, 5.74) is 0.712. The summed E-state index contributed by atoms with van der Waals surface area (Å²) in [6, 6.07) is 3.69. The van der Waals surface area contributed by atoms with Gasteiger partial charge in [0.25, 0.3) is 5.91 Å². The highest BCUT2D eigenvalue weighted by Crippen LogP contribution is 2.38. The van der Waals surface area contributed by atoms with Crippen LogP contribution in [0.4, 0.5) is 4.39 Å². The Hall–Kier alpha value is -1.43. The molecule has 2 fully saturated rings. The van der Waals surface area contributed by atoms with Crippen LogP contribution in [0.1, 0.15) is 35.2 Å². The molecule has 0 radical (unpaired) electrons. The van der Waals surface area contributed by atoms with Crippen LogP contribution >= 0.6 is 0 Å². The standard InChI is InChI=1S/C14H16FNO3S/c1-9-4-11(7-12(15)5-9)14(17)16-13-3-2-10(6-13)8-20(16,18)19/h4-5,7,10,13H,2-3,6,8H2,1H3/t10-,13+/m0/s1. The summed E-state index contributed by atoms with van der Waals surface area (Å²) in [6.45, 7) is 1.68. The minimum absolute atomic E-state index is 0.0313. The predicted octanol–water partition coefficient (Wildman–Crippen LogP) is 2.09. The third kappa shape index (κ3) is 2.22. The van der Waals surface area contributed by atoms with Crippen LogP contribution in [0.25, 0.3) is 0 Å². The number of sulfonamides is 1. The van der Waals surface area contributed by atoms with Crippen LogP contribution in [0.3, 0.4) is 0 Å². The molecule has 2 atom stereocenters. The first-order valence-corrected chi connectivity index (χ1v) is 8.31. The van der Waals surface area contributed by atoms with E-state index in [1.54, 1.807) is 6.92 Å². The van der Waals surface area contributed by atoms with E-state index in [9.17, 15) is 17.6 Å². The number of rotatable bonds is 1. The quantitative estimate of drug-likeness (QED) is 0.797. The van der Waals surface area contributed by atoms with Crippen LogP contribution in [0.5, 0.6) is 0 Å². The van der Waals surface area contributed by atoms with Crippen molar-refractivity contribution in [3.05, 3.63) is 35.1 Å². The summed E-state index contributed by atoms with van der Waals surface area (Å²) in [6.07, 6.45) is 2.29. The number of nitrogens with zero attached hydrogens (tertiary/aromatic N) is 1. The van der Waals surface area contributed by atoms with Crippen molar-refractivity contribution in [2.24, 2.45) is 5.92 Å². The second kappa shape index (κ2) is 4.55. The number of amides is 1. The number of carbonyl (C=O) groups is 1. The van der Waals surface area contributed by atoms with E-state index in [-0.39, 0.29) is 23.3 Å². The van der Waals surface area contributed by atoms with Crippen molar-refractivity contribution in [1.29, 1.82) is 0 Å². The van der Waals surface area contributed by atoms with Crippen LogP contribution < -0.4 is 0 Å². The zero-order chi connectivity index (χ0) is 14.5. The first-order chi connectivity index (χ1) is 9.37. The number of carbonyl (C=O) groups excluding carboxylic acids is 1. The second-order valence-corrected chi connectivity index (χ2v) is 7.62. The normalized spacial score (nSPS) is 27.6. The molecule has 1 aromatic rings. The molecule has 1 saturated heterocycles. The lowest BCUT2D eigenvalue weighted by Crippen LogP contribution is -2.48. The van der Waals surface area contributed by atoms with Gasteiger partial charge in [0.2, 0.25) is 10.0 Å². The van der Waals surface area contributed by atoms with E-state index in [1.165, 1.54) is 12.1 Å². The molecule has 1 heterocycles. The molecule has 0 aromatic heterocycles. The van der Waals surface area contributed by atoms with Gasteiger partial charge in [-0.15, -0.1) is 0 Å². The van der Waals surface area contributed by atoms with E-state index < -0.39 is 21.7 Å². The van der Waals surface area contributed by atoms with Gasteiger partial charge in [-0.05, 0) is 55.9 Å². The van der Waals surface area contributed by atoms with Crippen molar-refractivity contribution < 1.29 is 17.6 Å². The van der Waals surface area contributed by atoms with Gasteiger partial charge in [0.05, 0.1) is 5.75 Å². The fourth-order valence-electron chi connectivity index (χ4n) is 3.30. The van der Waals surface area contributed by atoms with E-state index in [0.717, 1.165) is 23.2 Å². The fourth-order valence-corrected chi connectivity index (χ4v) is 5.36. The number of aryl methyl sites for hydroxylation is 1. The number of hydrogen-bond donors (Lipinski definition) is 0. The van der Waals surface area contributed by atoms with E-state index in [2.05, 4.69) is 0 Å². The van der Waals surface area contributed by atoms with Crippen molar-refractivity contribution >= 4 is 15.9 Å². The van der Waals surface area contributed by atoms with E-state index in [1.807, 2.05) is 0 Å². The Morgan fingerprint density at radius 2 is 2.05 bits per heavy atom. The van der Waals surface area contributed by atoms with Gasteiger partial charge in [-0.3, -0.25) is 4.79 Å². The molecule has 20 heavy (non-hydrogen) atoms. The number of halogens is 1. The highest BCUT2D eigenvalue weighted by Gasteiger charge is 2.45. The van der Waals surface area contributed by atoms with E-state index >= 15 is 0 Å². The van der Waals surface area contributed by atoms with Gasteiger partial charge in [0.1, 0.15) is 5.82 Å². The maximum absolute atomic E-state index is 13.4. The molecule has 1 saturated carbocycles. The average Bonchev–Trinajstić information content (AvgIpc) is 2.69. The molecule has 1 aliphatic carbocycles. The van der Waals surface area contributed by atoms with Crippen LogP contribution in [-0.2, 0) is 10.0 Å². The van der Waals surface area contributed by atoms with Gasteiger partial charge in [-0.1, -0.05) is 0 Å². The molecule has 1 aliphatic heterocycles. The Kier molecular flexibility index (Phi) is 3.08. The lowest BCUT2D eigenvalue weighted by molar-refractivity contribution is 0.0814.